The smallest absolute Gasteiger partial charge is 0.297 e. The molecule has 7 heteroatoms. The Kier molecular flexibility index (Phi) is 31.2. The van der Waals surface area contributed by atoms with Crippen LogP contribution in [0.4, 0.5) is 0 Å². The minimum atomic E-state index is -1.01. The minimum absolute atomic E-state index is 0.0600. The largest absolute Gasteiger partial charge is 0.394 e. The van der Waals surface area contributed by atoms with Gasteiger partial charge in [-0.2, -0.15) is 0 Å². The van der Waals surface area contributed by atoms with E-state index in [2.05, 4.69) is 154 Å². The van der Waals surface area contributed by atoms with Crippen molar-refractivity contribution in [3.8, 4) is 142 Å². The highest BCUT2D eigenvalue weighted by Gasteiger charge is 2.36. The van der Waals surface area contributed by atoms with E-state index in [-0.39, 0.29) is 25.9 Å². The van der Waals surface area contributed by atoms with E-state index in [9.17, 15) is 25.2 Å². The zero-order valence-corrected chi connectivity index (χ0v) is 33.5. The van der Waals surface area contributed by atoms with Gasteiger partial charge in [-0.25, -0.2) is 0 Å². The molecule has 5 N–H and O–H groups in total. The van der Waals surface area contributed by atoms with Gasteiger partial charge in [0.05, 0.1) is 37.1 Å². The van der Waals surface area contributed by atoms with E-state index in [1.807, 2.05) is 6.08 Å². The first-order valence-corrected chi connectivity index (χ1v) is 19.6. The molecule has 0 spiro atoms. The topological polar surface area (TPSA) is 119 Å². The van der Waals surface area contributed by atoms with E-state index in [1.54, 1.807) is 13.0 Å². The van der Waals surface area contributed by atoms with Crippen LogP contribution < -0.4 is 5.32 Å². The first-order chi connectivity index (χ1) is 28.4. The number of aliphatic hydroxyl groups excluding tert-OH is 4. The number of nitrogens with one attached hydrogen (secondary N) is 1. The number of carbonyl (C=O) groups is 1. The molecule has 1 aliphatic rings. The van der Waals surface area contributed by atoms with Crippen molar-refractivity contribution < 1.29 is 30.0 Å². The van der Waals surface area contributed by atoms with Crippen LogP contribution in [0.5, 0.6) is 0 Å². The standard InChI is InChI=1S/C51H51NO6/c1-3-5-7-9-11-13-15-17-18-19-20-21-22-23-24-25-26-28-30-32-34-36-38-40-51(57)52-45(41-42-49-47(55)43-48(56)50(44-53)58-49)46(54)39-37-35-33-31-29-27-16-14-12-10-8-6-4-2/h37,39,45-50,53-56H,4,6,8,10,12,14,16,27,29,31,33,35,41-44H2,1-2H3,(H,52,57)/b39-37+/t45-,46+,47?,48?,49?,50?/m0/s1. The fourth-order valence-electron chi connectivity index (χ4n) is 5.33. The molecule has 4 unspecified atom stereocenters. The molecule has 1 heterocycles. The molecule has 1 amide bonds. The number of aliphatic hydroxyl groups is 4. The maximum absolute atomic E-state index is 12.7. The average molecular weight is 774 g/mol. The normalized spacial score (nSPS) is 16.2. The molecule has 7 nitrogen and oxygen atoms in total. The SMILES string of the molecule is CC#CC#CC#CC#CC#CC#CC#CC#CC#CC#CC#CC#CC(=O)N[C@@H](CCC1OC(CO)C(O)CC1O)[C@H](O)/C=C/CCCCCCCCCCCCC. The van der Waals surface area contributed by atoms with Gasteiger partial charge in [-0.1, -0.05) is 89.2 Å². The van der Waals surface area contributed by atoms with Crippen LogP contribution in [0.2, 0.25) is 0 Å². The first-order valence-electron chi connectivity index (χ1n) is 19.6. The molecule has 0 saturated carbocycles. The van der Waals surface area contributed by atoms with Crippen molar-refractivity contribution in [2.24, 2.45) is 0 Å². The van der Waals surface area contributed by atoms with Crippen molar-refractivity contribution in [3.05, 3.63) is 12.2 Å². The lowest BCUT2D eigenvalue weighted by molar-refractivity contribution is -0.181. The van der Waals surface area contributed by atoms with Crippen LogP contribution in [0, 0.1) is 142 Å². The second-order valence-corrected chi connectivity index (χ2v) is 12.8. The van der Waals surface area contributed by atoms with Gasteiger partial charge in [0.25, 0.3) is 5.91 Å². The van der Waals surface area contributed by atoms with Crippen molar-refractivity contribution in [1.82, 2.24) is 5.32 Å². The number of hydrogen-bond donors (Lipinski definition) is 5. The Labute approximate surface area is 347 Å². The van der Waals surface area contributed by atoms with E-state index in [0.717, 1.165) is 19.3 Å². The van der Waals surface area contributed by atoms with E-state index < -0.39 is 42.5 Å². The van der Waals surface area contributed by atoms with Crippen molar-refractivity contribution in [3.63, 3.8) is 0 Å². The molecule has 58 heavy (non-hydrogen) atoms. The van der Waals surface area contributed by atoms with Gasteiger partial charge in [0, 0.05) is 47.9 Å². The molecule has 0 aromatic rings. The molecule has 0 radical (unpaired) electrons. The van der Waals surface area contributed by atoms with Crippen molar-refractivity contribution in [1.29, 1.82) is 0 Å². The molecule has 0 aliphatic carbocycles. The summed E-state index contributed by atoms with van der Waals surface area (Å²) in [5.74, 6) is 59.4. The van der Waals surface area contributed by atoms with Crippen LogP contribution in [-0.4, -0.2) is 69.5 Å². The Hall–Kier alpha value is -6.27. The van der Waals surface area contributed by atoms with E-state index in [1.165, 1.54) is 57.8 Å². The summed E-state index contributed by atoms with van der Waals surface area (Å²) in [7, 11) is 0. The lowest BCUT2D eigenvalue weighted by Crippen LogP contribution is -2.50. The van der Waals surface area contributed by atoms with E-state index in [0.29, 0.717) is 0 Å². The first kappa shape index (κ1) is 49.7. The Balaban J connectivity index is 2.67. The number of ether oxygens (including phenoxy) is 1. The Morgan fingerprint density at radius 2 is 1.05 bits per heavy atom. The van der Waals surface area contributed by atoms with Gasteiger partial charge in [0.2, 0.25) is 0 Å². The molecule has 1 aliphatic heterocycles. The second-order valence-electron chi connectivity index (χ2n) is 12.8. The molecule has 0 aromatic heterocycles. The monoisotopic (exact) mass is 773 g/mol. The fraction of sp³-hybridized carbons (Fsp3) is 0.471. The lowest BCUT2D eigenvalue weighted by Gasteiger charge is -2.37. The number of allylic oxidation sites excluding steroid dienone is 1. The lowest BCUT2D eigenvalue weighted by atomic mass is 9.93. The molecule has 1 rings (SSSR count). The van der Waals surface area contributed by atoms with Crippen LogP contribution in [0.3, 0.4) is 0 Å². The van der Waals surface area contributed by atoms with Crippen LogP contribution in [0.25, 0.3) is 0 Å². The highest BCUT2D eigenvalue weighted by Crippen LogP contribution is 2.24. The van der Waals surface area contributed by atoms with Gasteiger partial charge in [0.15, 0.2) is 0 Å². The van der Waals surface area contributed by atoms with Gasteiger partial charge in [-0.05, 0) is 127 Å². The van der Waals surface area contributed by atoms with Crippen LogP contribution in [0.15, 0.2) is 12.2 Å². The predicted molar refractivity (Wildman–Crippen MR) is 229 cm³/mol. The summed E-state index contributed by atoms with van der Waals surface area (Å²) in [6, 6.07) is -0.733. The number of amides is 1. The third kappa shape index (κ3) is 28.2. The summed E-state index contributed by atoms with van der Waals surface area (Å²) >= 11 is 0. The molecule has 6 atom stereocenters. The molecular formula is C51H51NO6. The Morgan fingerprint density at radius 1 is 0.638 bits per heavy atom. The maximum atomic E-state index is 12.7. The Morgan fingerprint density at radius 3 is 1.50 bits per heavy atom. The fourth-order valence-corrected chi connectivity index (χ4v) is 5.33. The van der Waals surface area contributed by atoms with Crippen molar-refractivity contribution in [2.75, 3.05) is 6.61 Å². The van der Waals surface area contributed by atoms with Gasteiger partial charge in [-0.3, -0.25) is 4.79 Å². The molecule has 296 valence electrons. The van der Waals surface area contributed by atoms with Gasteiger partial charge < -0.3 is 30.5 Å². The molecule has 1 fully saturated rings. The third-order valence-corrected chi connectivity index (χ3v) is 8.28. The van der Waals surface area contributed by atoms with Crippen molar-refractivity contribution in [2.45, 2.75) is 147 Å². The van der Waals surface area contributed by atoms with Gasteiger partial charge >= 0.3 is 0 Å². The number of hydrogen-bond acceptors (Lipinski definition) is 6. The zero-order valence-electron chi connectivity index (χ0n) is 33.5. The zero-order chi connectivity index (χ0) is 42.2. The number of rotatable bonds is 19. The third-order valence-electron chi connectivity index (χ3n) is 8.28. The maximum Gasteiger partial charge on any atom is 0.297 e. The number of carbonyl (C=O) groups excluding carboxylic acids is 1. The molecular weight excluding hydrogens is 723 g/mol. The van der Waals surface area contributed by atoms with E-state index >= 15 is 0 Å². The summed E-state index contributed by atoms with van der Waals surface area (Å²) in [6.45, 7) is 3.53. The van der Waals surface area contributed by atoms with Crippen LogP contribution in [-0.2, 0) is 9.53 Å². The summed E-state index contributed by atoms with van der Waals surface area (Å²) in [5, 5.41) is 43.7. The molecule has 0 aromatic carbocycles. The highest BCUT2D eigenvalue weighted by atomic mass is 16.5. The predicted octanol–water partition coefficient (Wildman–Crippen LogP) is 3.80. The summed E-state index contributed by atoms with van der Waals surface area (Å²) in [5.41, 5.74) is 0. The van der Waals surface area contributed by atoms with Crippen LogP contribution in [0.1, 0.15) is 110 Å². The summed E-state index contributed by atoms with van der Waals surface area (Å²) in [4.78, 5) is 12.7. The van der Waals surface area contributed by atoms with Gasteiger partial charge in [0.1, 0.15) is 6.10 Å². The summed E-state index contributed by atoms with van der Waals surface area (Å²) < 4.78 is 5.69. The number of unbranched alkanes of at least 4 members (excludes halogenated alkanes) is 11. The quantitative estimate of drug-likeness (QED) is 0.0775. The van der Waals surface area contributed by atoms with E-state index in [4.69, 9.17) is 4.74 Å². The molecule has 1 saturated heterocycles. The van der Waals surface area contributed by atoms with Gasteiger partial charge in [-0.15, -0.1) is 0 Å². The highest BCUT2D eigenvalue weighted by molar-refractivity contribution is 5.94. The van der Waals surface area contributed by atoms with Crippen LogP contribution >= 0.6 is 0 Å². The Bertz CT molecular complexity index is 2110. The summed E-state index contributed by atoms with van der Waals surface area (Å²) in [6.07, 6.45) is 14.3. The van der Waals surface area contributed by atoms with Crippen molar-refractivity contribution >= 4 is 5.91 Å². The molecule has 0 bridgehead atoms. The minimum Gasteiger partial charge on any atom is -0.394 e. The second kappa shape index (κ2) is 36.4. The average Bonchev–Trinajstić information content (AvgIpc) is 3.21.